The molecule has 1 amide bonds. The van der Waals surface area contributed by atoms with Gasteiger partial charge < -0.3 is 5.32 Å². The minimum Gasteiger partial charge on any atom is -0.349 e. The summed E-state index contributed by atoms with van der Waals surface area (Å²) in [6.07, 6.45) is 0.987. The Morgan fingerprint density at radius 2 is 2.42 bits per heavy atom. The van der Waals surface area contributed by atoms with Crippen molar-refractivity contribution >= 4 is 5.91 Å². The quantitative estimate of drug-likeness (QED) is 0.477. The lowest BCUT2D eigenvalue weighted by molar-refractivity contribution is -0.531. The van der Waals surface area contributed by atoms with Crippen LogP contribution < -0.4 is 5.32 Å². The Morgan fingerprint density at radius 1 is 1.75 bits per heavy atom. The number of hydrogen-bond donors (Lipinski definition) is 1. The van der Waals surface area contributed by atoms with Crippen LogP contribution in [-0.4, -0.2) is 23.4 Å². The normalized spacial score (nSPS) is 29.6. The SMILES string of the molecule is CC[C@H]1CC(=O)NC[C@H]1[N+](=O)[O-]. The van der Waals surface area contributed by atoms with Crippen LogP contribution in [0.2, 0.25) is 0 Å². The average molecular weight is 172 g/mol. The first-order valence-electron chi connectivity index (χ1n) is 4.05. The summed E-state index contributed by atoms with van der Waals surface area (Å²) in [5, 5.41) is 13.0. The maximum absolute atomic E-state index is 10.9. The first-order valence-corrected chi connectivity index (χ1v) is 4.05. The van der Waals surface area contributed by atoms with Crippen LogP contribution in [0.15, 0.2) is 0 Å². The van der Waals surface area contributed by atoms with E-state index in [9.17, 15) is 14.9 Å². The average Bonchev–Trinajstić information content (AvgIpc) is 2.03. The van der Waals surface area contributed by atoms with Gasteiger partial charge in [-0.1, -0.05) is 6.92 Å². The monoisotopic (exact) mass is 172 g/mol. The standard InChI is InChI=1S/C7H12N2O3/c1-2-5-3-7(10)8-4-6(5)9(11)12/h5-6H,2-4H2,1H3,(H,8,10)/t5-,6+/m0/s1. The van der Waals surface area contributed by atoms with Gasteiger partial charge in [0.15, 0.2) is 0 Å². The number of nitrogens with one attached hydrogen (secondary N) is 1. The number of piperidine rings is 1. The Balaban J connectivity index is 2.62. The maximum atomic E-state index is 10.9. The van der Waals surface area contributed by atoms with Crippen LogP contribution >= 0.6 is 0 Å². The van der Waals surface area contributed by atoms with E-state index >= 15 is 0 Å². The number of rotatable bonds is 2. The number of carbonyl (C=O) groups is 1. The fourth-order valence-electron chi connectivity index (χ4n) is 1.49. The molecule has 1 rings (SSSR count). The first kappa shape index (κ1) is 8.96. The van der Waals surface area contributed by atoms with Gasteiger partial charge in [0.2, 0.25) is 11.9 Å². The second-order valence-corrected chi connectivity index (χ2v) is 3.03. The van der Waals surface area contributed by atoms with Gasteiger partial charge >= 0.3 is 0 Å². The summed E-state index contributed by atoms with van der Waals surface area (Å²) >= 11 is 0. The highest BCUT2D eigenvalue weighted by atomic mass is 16.6. The third-order valence-corrected chi connectivity index (χ3v) is 2.30. The van der Waals surface area contributed by atoms with Crippen molar-refractivity contribution in [3.05, 3.63) is 10.1 Å². The molecule has 0 saturated carbocycles. The van der Waals surface area contributed by atoms with Crippen molar-refractivity contribution in [1.29, 1.82) is 0 Å². The summed E-state index contributed by atoms with van der Waals surface area (Å²) in [4.78, 5) is 21.1. The van der Waals surface area contributed by atoms with Crippen LogP contribution in [0.4, 0.5) is 0 Å². The summed E-state index contributed by atoms with van der Waals surface area (Å²) in [6.45, 7) is 2.06. The molecule has 1 N–H and O–H groups in total. The summed E-state index contributed by atoms with van der Waals surface area (Å²) in [6, 6.07) is -0.590. The number of hydrogen-bond acceptors (Lipinski definition) is 3. The predicted molar refractivity (Wildman–Crippen MR) is 42.2 cm³/mol. The highest BCUT2D eigenvalue weighted by Crippen LogP contribution is 2.18. The fraction of sp³-hybridized carbons (Fsp3) is 0.857. The molecular weight excluding hydrogens is 160 g/mol. The lowest BCUT2D eigenvalue weighted by Crippen LogP contribution is -2.47. The molecule has 0 bridgehead atoms. The molecule has 0 unspecified atom stereocenters. The molecular formula is C7H12N2O3. The molecule has 0 aromatic carbocycles. The van der Waals surface area contributed by atoms with Gasteiger partial charge in [0.1, 0.15) is 0 Å². The molecule has 0 aromatic rings. The van der Waals surface area contributed by atoms with E-state index in [0.717, 1.165) is 0 Å². The molecule has 68 valence electrons. The molecule has 5 nitrogen and oxygen atoms in total. The highest BCUT2D eigenvalue weighted by Gasteiger charge is 2.35. The van der Waals surface area contributed by atoms with Crippen molar-refractivity contribution < 1.29 is 9.72 Å². The van der Waals surface area contributed by atoms with Gasteiger partial charge in [0.25, 0.3) is 0 Å². The first-order chi connectivity index (χ1) is 5.65. The third-order valence-electron chi connectivity index (χ3n) is 2.30. The molecule has 1 aliphatic rings. The van der Waals surface area contributed by atoms with E-state index in [1.807, 2.05) is 6.92 Å². The van der Waals surface area contributed by atoms with Gasteiger partial charge in [-0.25, -0.2) is 0 Å². The van der Waals surface area contributed by atoms with E-state index in [1.54, 1.807) is 0 Å². The molecule has 1 heterocycles. The van der Waals surface area contributed by atoms with Crippen molar-refractivity contribution in [3.63, 3.8) is 0 Å². The largest absolute Gasteiger partial charge is 0.349 e. The zero-order valence-electron chi connectivity index (χ0n) is 6.95. The van der Waals surface area contributed by atoms with E-state index in [1.165, 1.54) is 0 Å². The van der Waals surface area contributed by atoms with Crippen LogP contribution in [0, 0.1) is 16.0 Å². The molecule has 0 radical (unpaired) electrons. The number of nitrogens with zero attached hydrogens (tertiary/aromatic N) is 1. The molecule has 1 fully saturated rings. The van der Waals surface area contributed by atoms with Crippen molar-refractivity contribution in [2.24, 2.45) is 5.92 Å². The van der Waals surface area contributed by atoms with Gasteiger partial charge in [0, 0.05) is 17.3 Å². The number of carbonyl (C=O) groups excluding carboxylic acids is 1. The summed E-state index contributed by atoms with van der Waals surface area (Å²) in [5.74, 6) is -0.159. The van der Waals surface area contributed by atoms with E-state index < -0.39 is 6.04 Å². The van der Waals surface area contributed by atoms with Crippen molar-refractivity contribution in [2.45, 2.75) is 25.8 Å². The van der Waals surface area contributed by atoms with Crippen molar-refractivity contribution in [3.8, 4) is 0 Å². The highest BCUT2D eigenvalue weighted by molar-refractivity contribution is 5.77. The summed E-state index contributed by atoms with van der Waals surface area (Å²) in [5.41, 5.74) is 0. The van der Waals surface area contributed by atoms with Gasteiger partial charge in [-0.05, 0) is 6.42 Å². The van der Waals surface area contributed by atoms with E-state index in [4.69, 9.17) is 0 Å². The van der Waals surface area contributed by atoms with Crippen LogP contribution in [0.5, 0.6) is 0 Å². The Labute approximate surface area is 70.3 Å². The topological polar surface area (TPSA) is 72.2 Å². The lowest BCUT2D eigenvalue weighted by Gasteiger charge is -2.24. The van der Waals surface area contributed by atoms with Crippen LogP contribution in [-0.2, 0) is 4.79 Å². The van der Waals surface area contributed by atoms with Gasteiger partial charge in [0.05, 0.1) is 6.54 Å². The third kappa shape index (κ3) is 1.72. The molecule has 0 aliphatic carbocycles. The zero-order chi connectivity index (χ0) is 9.14. The second kappa shape index (κ2) is 3.51. The molecule has 2 atom stereocenters. The maximum Gasteiger partial charge on any atom is 0.233 e. The fourth-order valence-corrected chi connectivity index (χ4v) is 1.49. The summed E-state index contributed by atoms with van der Waals surface area (Å²) < 4.78 is 0. The Hall–Kier alpha value is -1.13. The minimum atomic E-state index is -0.590. The Kier molecular flexibility index (Phi) is 2.62. The van der Waals surface area contributed by atoms with Crippen LogP contribution in [0.1, 0.15) is 19.8 Å². The predicted octanol–water partition coefficient (Wildman–Crippen LogP) is 0.178. The molecule has 1 saturated heterocycles. The van der Waals surface area contributed by atoms with Crippen molar-refractivity contribution in [2.75, 3.05) is 6.54 Å². The van der Waals surface area contributed by atoms with Crippen LogP contribution in [0.25, 0.3) is 0 Å². The Morgan fingerprint density at radius 3 is 2.92 bits per heavy atom. The van der Waals surface area contributed by atoms with Gasteiger partial charge in [-0.15, -0.1) is 0 Å². The van der Waals surface area contributed by atoms with E-state index in [2.05, 4.69) is 5.32 Å². The smallest absolute Gasteiger partial charge is 0.233 e. The zero-order valence-corrected chi connectivity index (χ0v) is 6.95. The molecule has 1 aliphatic heterocycles. The second-order valence-electron chi connectivity index (χ2n) is 3.03. The number of nitro groups is 1. The Bertz CT molecular complexity index is 205. The minimum absolute atomic E-state index is 0.0695. The summed E-state index contributed by atoms with van der Waals surface area (Å²) in [7, 11) is 0. The van der Waals surface area contributed by atoms with Gasteiger partial charge in [-0.2, -0.15) is 0 Å². The lowest BCUT2D eigenvalue weighted by atomic mass is 9.90. The molecule has 0 spiro atoms. The van der Waals surface area contributed by atoms with Crippen molar-refractivity contribution in [1.82, 2.24) is 5.32 Å². The van der Waals surface area contributed by atoms with Crippen LogP contribution in [0.3, 0.4) is 0 Å². The van der Waals surface area contributed by atoms with E-state index in [0.29, 0.717) is 12.8 Å². The molecule has 12 heavy (non-hydrogen) atoms. The number of amides is 1. The molecule has 5 heteroatoms. The van der Waals surface area contributed by atoms with Gasteiger partial charge in [-0.3, -0.25) is 14.9 Å². The van der Waals surface area contributed by atoms with E-state index in [-0.39, 0.29) is 23.3 Å². The molecule has 0 aromatic heterocycles.